The molecule has 1 aliphatic rings. The summed E-state index contributed by atoms with van der Waals surface area (Å²) in [6.07, 6.45) is 13.0. The number of dihydropyridines is 1. The zero-order valence-electron chi connectivity index (χ0n) is 17.2. The molecule has 0 bridgehead atoms. The smallest absolute Gasteiger partial charge is 0.356 e. The van der Waals surface area contributed by atoms with E-state index in [1.165, 1.54) is 11.6 Å². The summed E-state index contributed by atoms with van der Waals surface area (Å²) in [6.45, 7) is 0.389. The van der Waals surface area contributed by atoms with Crippen LogP contribution in [0.3, 0.4) is 0 Å². The Morgan fingerprint density at radius 1 is 0.875 bits per heavy atom. The molecule has 0 atom stereocenters. The minimum Gasteiger partial charge on any atom is -1.00 e. The summed E-state index contributed by atoms with van der Waals surface area (Å²) in [4.78, 5) is 19.2. The SMILES string of the molecule is Cl.O=P(O)(O)c1ccccc1C[n+]1ccc(C2(Cc3ccccc3)C=CNC=C2)cc1.[Cl-]. The highest BCUT2D eigenvalue weighted by atomic mass is 35.5. The van der Waals surface area contributed by atoms with Crippen molar-refractivity contribution in [3.05, 3.63) is 120 Å². The van der Waals surface area contributed by atoms with Crippen molar-refractivity contribution in [2.45, 2.75) is 18.4 Å². The predicted octanol–water partition coefficient (Wildman–Crippen LogP) is 0.362. The molecule has 0 amide bonds. The van der Waals surface area contributed by atoms with Crippen molar-refractivity contribution in [3.8, 4) is 0 Å². The Morgan fingerprint density at radius 2 is 1.47 bits per heavy atom. The molecule has 2 heterocycles. The van der Waals surface area contributed by atoms with Crippen LogP contribution in [0.1, 0.15) is 16.7 Å². The molecule has 3 N–H and O–H groups in total. The van der Waals surface area contributed by atoms with Gasteiger partial charge in [-0.3, -0.25) is 4.57 Å². The normalized spacial score (nSPS) is 14.1. The van der Waals surface area contributed by atoms with Crippen LogP contribution in [0.15, 0.2) is 104 Å². The van der Waals surface area contributed by atoms with E-state index >= 15 is 0 Å². The van der Waals surface area contributed by atoms with Crippen LogP contribution in [0.5, 0.6) is 0 Å². The van der Waals surface area contributed by atoms with Crippen molar-refractivity contribution in [2.24, 2.45) is 0 Å². The molecule has 0 radical (unpaired) electrons. The van der Waals surface area contributed by atoms with Gasteiger partial charge in [-0.2, -0.15) is 0 Å². The van der Waals surface area contributed by atoms with Crippen molar-refractivity contribution in [1.29, 1.82) is 0 Å². The van der Waals surface area contributed by atoms with Gasteiger partial charge in [0.25, 0.3) is 0 Å². The maximum atomic E-state index is 11.8. The summed E-state index contributed by atoms with van der Waals surface area (Å²) in [5, 5.41) is 3.19. The zero-order chi connectivity index (χ0) is 21.0. The Bertz CT molecular complexity index is 1120. The summed E-state index contributed by atoms with van der Waals surface area (Å²) in [5.41, 5.74) is 2.76. The molecular weight excluding hydrogens is 466 g/mol. The van der Waals surface area contributed by atoms with E-state index in [0.29, 0.717) is 12.1 Å². The summed E-state index contributed by atoms with van der Waals surface area (Å²) < 4.78 is 13.7. The Balaban J connectivity index is 0.00000181. The summed E-state index contributed by atoms with van der Waals surface area (Å²) in [5.74, 6) is 0. The molecular formula is C24H25Cl2N2O3P. The Morgan fingerprint density at radius 3 is 2.09 bits per heavy atom. The van der Waals surface area contributed by atoms with Gasteiger partial charge in [0.05, 0.1) is 5.30 Å². The van der Waals surface area contributed by atoms with Gasteiger partial charge in [0.15, 0.2) is 18.9 Å². The predicted molar refractivity (Wildman–Crippen MR) is 124 cm³/mol. The van der Waals surface area contributed by atoms with E-state index in [1.807, 2.05) is 35.4 Å². The summed E-state index contributed by atoms with van der Waals surface area (Å²) in [7, 11) is -4.31. The van der Waals surface area contributed by atoms with Gasteiger partial charge in [-0.25, -0.2) is 4.57 Å². The molecule has 0 saturated carbocycles. The molecule has 1 aromatic heterocycles. The van der Waals surface area contributed by atoms with Crippen molar-refractivity contribution in [1.82, 2.24) is 5.32 Å². The number of nitrogens with zero attached hydrogens (tertiary/aromatic N) is 1. The maximum Gasteiger partial charge on any atom is 0.356 e. The molecule has 168 valence electrons. The number of aromatic nitrogens is 1. The number of allylic oxidation sites excluding steroid dienone is 2. The molecule has 5 nitrogen and oxygen atoms in total. The highest BCUT2D eigenvalue weighted by Gasteiger charge is 2.29. The number of nitrogens with one attached hydrogen (secondary N) is 1. The van der Waals surface area contributed by atoms with E-state index in [-0.39, 0.29) is 35.5 Å². The first-order valence-corrected chi connectivity index (χ1v) is 11.4. The molecule has 0 fully saturated rings. The van der Waals surface area contributed by atoms with Gasteiger partial charge in [0.2, 0.25) is 0 Å². The second kappa shape index (κ2) is 11.0. The average Bonchev–Trinajstić information content (AvgIpc) is 2.75. The van der Waals surface area contributed by atoms with Gasteiger partial charge in [-0.05, 0) is 36.0 Å². The fraction of sp³-hybridized carbons (Fsp3) is 0.125. The third-order valence-electron chi connectivity index (χ3n) is 5.38. The number of halogens is 2. The summed E-state index contributed by atoms with van der Waals surface area (Å²) in [6, 6.07) is 21.2. The number of benzene rings is 2. The van der Waals surface area contributed by atoms with Gasteiger partial charge >= 0.3 is 7.60 Å². The molecule has 1 aliphatic heterocycles. The fourth-order valence-electron chi connectivity index (χ4n) is 3.85. The highest BCUT2D eigenvalue weighted by Crippen LogP contribution is 2.35. The van der Waals surface area contributed by atoms with E-state index in [2.05, 4.69) is 53.9 Å². The highest BCUT2D eigenvalue weighted by molar-refractivity contribution is 7.60. The van der Waals surface area contributed by atoms with Gasteiger partial charge < -0.3 is 27.5 Å². The molecule has 0 unspecified atom stereocenters. The number of rotatable bonds is 6. The van der Waals surface area contributed by atoms with Crippen molar-refractivity contribution in [3.63, 3.8) is 0 Å². The Hall–Kier alpha value is -2.40. The monoisotopic (exact) mass is 490 g/mol. The Labute approximate surface area is 200 Å². The second-order valence-corrected chi connectivity index (χ2v) is 9.04. The first-order chi connectivity index (χ1) is 14.5. The van der Waals surface area contributed by atoms with Crippen LogP contribution < -0.4 is 27.6 Å². The number of hydrogen-bond acceptors (Lipinski definition) is 2. The molecule has 0 spiro atoms. The van der Waals surface area contributed by atoms with E-state index in [1.54, 1.807) is 18.2 Å². The lowest BCUT2D eigenvalue weighted by atomic mass is 9.75. The molecule has 4 rings (SSSR count). The van der Waals surface area contributed by atoms with E-state index in [4.69, 9.17) is 0 Å². The van der Waals surface area contributed by atoms with E-state index < -0.39 is 7.60 Å². The minimum atomic E-state index is -4.31. The lowest BCUT2D eigenvalue weighted by Gasteiger charge is -2.30. The van der Waals surface area contributed by atoms with Crippen LogP contribution in [0.4, 0.5) is 0 Å². The average molecular weight is 491 g/mol. The van der Waals surface area contributed by atoms with Crippen molar-refractivity contribution < 1.29 is 31.3 Å². The number of hydrogen-bond donors (Lipinski definition) is 3. The topological polar surface area (TPSA) is 73.4 Å². The standard InChI is InChI=1S/C24H23N2O3P.2ClH/c27-30(28,29)23-9-5-4-8-21(23)19-26-16-10-22(11-17-26)24(12-14-25-15-13-24)18-20-6-2-1-3-7-20;;/h1-17,25H,18-19H2,(H-,27,28,29);2*1H. The van der Waals surface area contributed by atoms with Gasteiger partial charge in [-0.15, -0.1) is 12.4 Å². The van der Waals surface area contributed by atoms with Crippen LogP contribution in [0.2, 0.25) is 0 Å². The Kier molecular flexibility index (Phi) is 8.85. The fourth-order valence-corrected chi connectivity index (χ4v) is 4.65. The molecule has 3 aromatic rings. The first kappa shape index (κ1) is 25.9. The molecule has 8 heteroatoms. The maximum absolute atomic E-state index is 11.8. The van der Waals surface area contributed by atoms with Crippen LogP contribution in [-0.4, -0.2) is 9.79 Å². The lowest BCUT2D eigenvalue weighted by molar-refractivity contribution is -0.688. The molecule has 2 aromatic carbocycles. The van der Waals surface area contributed by atoms with Crippen LogP contribution in [0.25, 0.3) is 0 Å². The lowest BCUT2D eigenvalue weighted by Crippen LogP contribution is -3.00. The van der Waals surface area contributed by atoms with E-state index in [0.717, 1.165) is 12.0 Å². The molecule has 0 saturated heterocycles. The van der Waals surface area contributed by atoms with Gasteiger partial charge in [0, 0.05) is 23.1 Å². The van der Waals surface area contributed by atoms with E-state index in [9.17, 15) is 14.4 Å². The van der Waals surface area contributed by atoms with Crippen LogP contribution in [0, 0.1) is 0 Å². The van der Waals surface area contributed by atoms with Crippen molar-refractivity contribution in [2.75, 3.05) is 0 Å². The van der Waals surface area contributed by atoms with Crippen molar-refractivity contribution >= 4 is 25.3 Å². The number of pyridine rings is 1. The third-order valence-corrected chi connectivity index (χ3v) is 6.44. The summed E-state index contributed by atoms with van der Waals surface area (Å²) >= 11 is 0. The third kappa shape index (κ3) is 5.89. The second-order valence-electron chi connectivity index (χ2n) is 7.47. The van der Waals surface area contributed by atoms with Crippen LogP contribution in [-0.2, 0) is 22.9 Å². The largest absolute Gasteiger partial charge is 1.00 e. The minimum absolute atomic E-state index is 0. The molecule has 0 aliphatic carbocycles. The zero-order valence-corrected chi connectivity index (χ0v) is 19.7. The molecule has 32 heavy (non-hydrogen) atoms. The van der Waals surface area contributed by atoms with Crippen LogP contribution >= 0.6 is 20.0 Å². The van der Waals surface area contributed by atoms with Gasteiger partial charge in [0.1, 0.15) is 0 Å². The van der Waals surface area contributed by atoms with Gasteiger partial charge in [-0.1, -0.05) is 60.7 Å². The quantitative estimate of drug-likeness (QED) is 0.344. The first-order valence-electron chi connectivity index (χ1n) is 9.75.